The third-order valence-electron chi connectivity index (χ3n) is 6.07. The van der Waals surface area contributed by atoms with Gasteiger partial charge in [0.15, 0.2) is 0 Å². The highest BCUT2D eigenvalue weighted by atomic mass is 19.3. The largest absolute Gasteiger partial charge is 0.381 e. The van der Waals surface area contributed by atoms with Gasteiger partial charge in [-0.05, 0) is 31.4 Å². The number of pyridine rings is 1. The lowest BCUT2D eigenvalue weighted by Crippen LogP contribution is -2.59. The molecule has 4 nitrogen and oxygen atoms in total. The van der Waals surface area contributed by atoms with Crippen molar-refractivity contribution in [3.05, 3.63) is 24.5 Å². The Bertz CT molecular complexity index is 565. The van der Waals surface area contributed by atoms with E-state index in [2.05, 4.69) is 14.8 Å². The van der Waals surface area contributed by atoms with Crippen LogP contribution in [-0.2, 0) is 4.74 Å². The Morgan fingerprint density at radius 3 is 2.71 bits per heavy atom. The molecule has 0 unspecified atom stereocenters. The molecule has 3 aliphatic rings. The molecule has 0 aromatic carbocycles. The van der Waals surface area contributed by atoms with E-state index in [1.807, 2.05) is 12.1 Å². The molecule has 4 rings (SSSR count). The van der Waals surface area contributed by atoms with Gasteiger partial charge in [0.05, 0.1) is 17.3 Å². The Hall–Kier alpha value is -1.27. The van der Waals surface area contributed by atoms with E-state index in [1.165, 1.54) is 0 Å². The van der Waals surface area contributed by atoms with Gasteiger partial charge in [-0.25, -0.2) is 8.78 Å². The molecule has 3 saturated heterocycles. The molecule has 0 amide bonds. The minimum atomic E-state index is -2.59. The van der Waals surface area contributed by atoms with E-state index >= 15 is 0 Å². The molecule has 0 aliphatic carbocycles. The molecule has 4 heterocycles. The first-order valence-electron chi connectivity index (χ1n) is 8.94. The van der Waals surface area contributed by atoms with Gasteiger partial charge >= 0.3 is 0 Å². The zero-order valence-corrected chi connectivity index (χ0v) is 14.0. The summed E-state index contributed by atoms with van der Waals surface area (Å²) >= 11 is 0. The fraction of sp³-hybridized carbons (Fsp3) is 0.722. The summed E-state index contributed by atoms with van der Waals surface area (Å²) in [5, 5.41) is 0. The summed E-state index contributed by atoms with van der Waals surface area (Å²) in [6, 6.07) is 4.23. The van der Waals surface area contributed by atoms with Gasteiger partial charge in [0.2, 0.25) is 0 Å². The monoisotopic (exact) mass is 337 g/mol. The quantitative estimate of drug-likeness (QED) is 0.830. The van der Waals surface area contributed by atoms with Gasteiger partial charge in [0, 0.05) is 58.1 Å². The number of alkyl halides is 2. The SMILES string of the molecule is FC1(F)CCN(C2CCOCC2)C[C@]12CCN(c1cccnc1)C2. The summed E-state index contributed by atoms with van der Waals surface area (Å²) < 4.78 is 35.2. The number of aromatic nitrogens is 1. The second-order valence-electron chi connectivity index (χ2n) is 7.43. The highest BCUT2D eigenvalue weighted by Crippen LogP contribution is 2.50. The van der Waals surface area contributed by atoms with Crippen LogP contribution < -0.4 is 4.90 Å². The molecule has 3 aliphatic heterocycles. The molecule has 24 heavy (non-hydrogen) atoms. The van der Waals surface area contributed by atoms with Crippen LogP contribution in [0.25, 0.3) is 0 Å². The first kappa shape index (κ1) is 16.2. The Morgan fingerprint density at radius 2 is 1.96 bits per heavy atom. The molecule has 0 radical (unpaired) electrons. The van der Waals surface area contributed by atoms with Crippen molar-refractivity contribution in [2.75, 3.05) is 44.3 Å². The minimum Gasteiger partial charge on any atom is -0.381 e. The summed E-state index contributed by atoms with van der Waals surface area (Å²) in [5.41, 5.74) is 0.0210. The predicted octanol–water partition coefficient (Wildman–Crippen LogP) is 2.80. The highest BCUT2D eigenvalue weighted by molar-refractivity contribution is 5.45. The number of likely N-dealkylation sites (tertiary alicyclic amines) is 1. The van der Waals surface area contributed by atoms with E-state index in [1.54, 1.807) is 12.4 Å². The Labute approximate surface area is 141 Å². The van der Waals surface area contributed by atoms with E-state index in [4.69, 9.17) is 4.74 Å². The van der Waals surface area contributed by atoms with Gasteiger partial charge in [-0.1, -0.05) is 0 Å². The summed E-state index contributed by atoms with van der Waals surface area (Å²) in [4.78, 5) is 8.52. The molecule has 0 N–H and O–H groups in total. The summed E-state index contributed by atoms with van der Waals surface area (Å²) in [6.07, 6.45) is 5.95. The number of anilines is 1. The molecule has 132 valence electrons. The lowest BCUT2D eigenvalue weighted by Gasteiger charge is -2.49. The van der Waals surface area contributed by atoms with E-state index < -0.39 is 11.3 Å². The van der Waals surface area contributed by atoms with Crippen LogP contribution in [-0.4, -0.2) is 61.2 Å². The minimum absolute atomic E-state index is 0.0226. The first-order valence-corrected chi connectivity index (χ1v) is 8.94. The lowest BCUT2D eigenvalue weighted by molar-refractivity contribution is -0.167. The van der Waals surface area contributed by atoms with Crippen LogP contribution in [0, 0.1) is 5.41 Å². The fourth-order valence-corrected chi connectivity index (χ4v) is 4.56. The molecular weight excluding hydrogens is 312 g/mol. The van der Waals surface area contributed by atoms with Crippen LogP contribution in [0.5, 0.6) is 0 Å². The maximum atomic E-state index is 14.9. The van der Waals surface area contributed by atoms with E-state index in [0.717, 1.165) is 31.7 Å². The van der Waals surface area contributed by atoms with Gasteiger partial charge < -0.3 is 9.64 Å². The number of ether oxygens (including phenoxy) is 1. The molecule has 1 aromatic rings. The third kappa shape index (κ3) is 2.80. The number of piperidine rings is 1. The van der Waals surface area contributed by atoms with E-state index in [9.17, 15) is 8.78 Å². The average Bonchev–Trinajstić information content (AvgIpc) is 3.05. The lowest BCUT2D eigenvalue weighted by atomic mass is 9.75. The molecule has 1 atom stereocenters. The van der Waals surface area contributed by atoms with Gasteiger partial charge in [0.1, 0.15) is 0 Å². The summed E-state index contributed by atoms with van der Waals surface area (Å²) in [5.74, 6) is -2.59. The number of rotatable bonds is 2. The van der Waals surface area contributed by atoms with Crippen molar-refractivity contribution in [2.24, 2.45) is 5.41 Å². The van der Waals surface area contributed by atoms with Crippen molar-refractivity contribution in [3.63, 3.8) is 0 Å². The van der Waals surface area contributed by atoms with Crippen LogP contribution >= 0.6 is 0 Å². The number of halogens is 2. The van der Waals surface area contributed by atoms with Crippen LogP contribution in [0.1, 0.15) is 25.7 Å². The third-order valence-corrected chi connectivity index (χ3v) is 6.07. The average molecular weight is 337 g/mol. The van der Waals surface area contributed by atoms with E-state index in [-0.39, 0.29) is 6.42 Å². The predicted molar refractivity (Wildman–Crippen MR) is 88.5 cm³/mol. The van der Waals surface area contributed by atoms with Crippen LogP contribution in [0.3, 0.4) is 0 Å². The maximum Gasteiger partial charge on any atom is 0.257 e. The zero-order chi connectivity index (χ0) is 16.6. The second kappa shape index (κ2) is 6.23. The zero-order valence-electron chi connectivity index (χ0n) is 14.0. The topological polar surface area (TPSA) is 28.6 Å². The van der Waals surface area contributed by atoms with Gasteiger partial charge in [-0.15, -0.1) is 0 Å². The molecule has 1 spiro atoms. The van der Waals surface area contributed by atoms with Crippen molar-refractivity contribution < 1.29 is 13.5 Å². The Morgan fingerprint density at radius 1 is 1.12 bits per heavy atom. The summed E-state index contributed by atoms with van der Waals surface area (Å²) in [7, 11) is 0. The van der Waals surface area contributed by atoms with Crippen LogP contribution in [0.4, 0.5) is 14.5 Å². The smallest absolute Gasteiger partial charge is 0.257 e. The summed E-state index contributed by atoms with van der Waals surface area (Å²) in [6.45, 7) is 3.63. The van der Waals surface area contributed by atoms with Crippen molar-refractivity contribution in [1.82, 2.24) is 9.88 Å². The molecule has 6 heteroatoms. The van der Waals surface area contributed by atoms with Crippen LogP contribution in [0.15, 0.2) is 24.5 Å². The number of nitrogens with zero attached hydrogens (tertiary/aromatic N) is 3. The Balaban J connectivity index is 1.53. The number of hydrogen-bond acceptors (Lipinski definition) is 4. The van der Waals surface area contributed by atoms with Crippen molar-refractivity contribution in [3.8, 4) is 0 Å². The molecule has 3 fully saturated rings. The molecular formula is C18H25F2N3O. The number of hydrogen-bond donors (Lipinski definition) is 0. The highest BCUT2D eigenvalue weighted by Gasteiger charge is 2.59. The fourth-order valence-electron chi connectivity index (χ4n) is 4.56. The van der Waals surface area contributed by atoms with Gasteiger partial charge in [-0.3, -0.25) is 9.88 Å². The van der Waals surface area contributed by atoms with Crippen LogP contribution in [0.2, 0.25) is 0 Å². The second-order valence-corrected chi connectivity index (χ2v) is 7.43. The van der Waals surface area contributed by atoms with Gasteiger partial charge in [-0.2, -0.15) is 0 Å². The maximum absolute atomic E-state index is 14.9. The van der Waals surface area contributed by atoms with E-state index in [0.29, 0.717) is 38.6 Å². The van der Waals surface area contributed by atoms with Crippen molar-refractivity contribution >= 4 is 5.69 Å². The normalized spacial score (nSPS) is 31.7. The van der Waals surface area contributed by atoms with Crippen molar-refractivity contribution in [2.45, 2.75) is 37.6 Å². The first-order chi connectivity index (χ1) is 11.6. The molecule has 1 aromatic heterocycles. The molecule has 0 bridgehead atoms. The molecule has 0 saturated carbocycles. The van der Waals surface area contributed by atoms with Crippen molar-refractivity contribution in [1.29, 1.82) is 0 Å². The standard InChI is InChI=1S/C18H25F2N3O/c19-18(20)6-9-22(15-3-10-24-11-4-15)13-17(18)5-8-23(14-17)16-2-1-7-21-12-16/h1-2,7,12,15H,3-6,8-11,13-14H2/t17-/m0/s1. The van der Waals surface area contributed by atoms with Gasteiger partial charge in [0.25, 0.3) is 5.92 Å². The Kier molecular flexibility index (Phi) is 4.21.